The minimum atomic E-state index is 0.367. The summed E-state index contributed by atoms with van der Waals surface area (Å²) in [6, 6.07) is 18.6. The van der Waals surface area contributed by atoms with Gasteiger partial charge in [-0.05, 0) is 36.1 Å². The van der Waals surface area contributed by atoms with E-state index in [0.717, 1.165) is 5.75 Å². The highest BCUT2D eigenvalue weighted by molar-refractivity contribution is 5.31. The van der Waals surface area contributed by atoms with Crippen molar-refractivity contribution < 1.29 is 4.74 Å². The maximum absolute atomic E-state index is 5.81. The Kier molecular flexibility index (Phi) is 5.46. The second-order valence-electron chi connectivity index (χ2n) is 5.31. The van der Waals surface area contributed by atoms with E-state index >= 15 is 0 Å². The van der Waals surface area contributed by atoms with Gasteiger partial charge < -0.3 is 4.74 Å². The first-order valence-corrected chi connectivity index (χ1v) is 7.39. The lowest BCUT2D eigenvalue weighted by molar-refractivity contribution is 0.306. The van der Waals surface area contributed by atoms with Crippen molar-refractivity contribution in [2.45, 2.75) is 33.3 Å². The van der Waals surface area contributed by atoms with Crippen LogP contribution in [0.3, 0.4) is 0 Å². The molecule has 0 aliphatic rings. The van der Waals surface area contributed by atoms with Crippen molar-refractivity contribution in [3.63, 3.8) is 0 Å². The molecule has 0 amide bonds. The van der Waals surface area contributed by atoms with Crippen molar-refractivity contribution in [2.24, 2.45) is 5.92 Å². The SMILES string of the molecule is CC#CC(C)C(C)c1ccc(OCc2ccccc2)cc1. The van der Waals surface area contributed by atoms with Crippen LogP contribution in [0.1, 0.15) is 37.8 Å². The molecule has 2 atom stereocenters. The number of hydrogen-bond donors (Lipinski definition) is 0. The van der Waals surface area contributed by atoms with E-state index < -0.39 is 0 Å². The molecule has 0 bridgehead atoms. The molecule has 0 radical (unpaired) electrons. The molecular weight excluding hydrogens is 256 g/mol. The molecule has 0 aliphatic heterocycles. The number of ether oxygens (including phenoxy) is 1. The quantitative estimate of drug-likeness (QED) is 0.697. The van der Waals surface area contributed by atoms with Crippen LogP contribution in [0.4, 0.5) is 0 Å². The van der Waals surface area contributed by atoms with Crippen LogP contribution in [0.5, 0.6) is 5.75 Å². The highest BCUT2D eigenvalue weighted by atomic mass is 16.5. The first-order valence-electron chi connectivity index (χ1n) is 7.39. The molecule has 2 aromatic carbocycles. The fourth-order valence-corrected chi connectivity index (χ4v) is 2.25. The molecule has 0 saturated carbocycles. The van der Waals surface area contributed by atoms with E-state index in [-0.39, 0.29) is 0 Å². The summed E-state index contributed by atoms with van der Waals surface area (Å²) in [5.74, 6) is 7.92. The fraction of sp³-hybridized carbons (Fsp3) is 0.300. The summed E-state index contributed by atoms with van der Waals surface area (Å²) >= 11 is 0. The van der Waals surface area contributed by atoms with E-state index in [1.807, 2.05) is 37.3 Å². The second kappa shape index (κ2) is 7.55. The third kappa shape index (κ3) is 4.39. The lowest BCUT2D eigenvalue weighted by Gasteiger charge is -2.16. The van der Waals surface area contributed by atoms with Crippen LogP contribution in [0, 0.1) is 17.8 Å². The molecule has 1 heteroatoms. The van der Waals surface area contributed by atoms with Crippen molar-refractivity contribution in [2.75, 3.05) is 0 Å². The van der Waals surface area contributed by atoms with Crippen LogP contribution in [-0.4, -0.2) is 0 Å². The highest BCUT2D eigenvalue weighted by Crippen LogP contribution is 2.25. The molecule has 0 spiro atoms. The molecule has 0 heterocycles. The molecule has 2 rings (SSSR count). The van der Waals surface area contributed by atoms with Crippen molar-refractivity contribution in [1.82, 2.24) is 0 Å². The first-order chi connectivity index (χ1) is 10.2. The lowest BCUT2D eigenvalue weighted by atomic mass is 9.89. The maximum atomic E-state index is 5.81. The van der Waals surface area contributed by atoms with Gasteiger partial charge in [0.2, 0.25) is 0 Å². The molecule has 2 aromatic rings. The van der Waals surface area contributed by atoms with Crippen LogP contribution in [0.2, 0.25) is 0 Å². The van der Waals surface area contributed by atoms with Crippen molar-refractivity contribution >= 4 is 0 Å². The van der Waals surface area contributed by atoms with E-state index in [1.165, 1.54) is 11.1 Å². The summed E-state index contributed by atoms with van der Waals surface area (Å²) in [5, 5.41) is 0. The zero-order valence-corrected chi connectivity index (χ0v) is 13.0. The molecule has 0 saturated heterocycles. The Hall–Kier alpha value is -2.20. The molecule has 2 unspecified atom stereocenters. The Morgan fingerprint density at radius 3 is 2.24 bits per heavy atom. The van der Waals surface area contributed by atoms with Gasteiger partial charge in [0.25, 0.3) is 0 Å². The molecule has 1 nitrogen and oxygen atoms in total. The number of rotatable bonds is 5. The Bertz CT molecular complexity index is 602. The van der Waals surface area contributed by atoms with Gasteiger partial charge in [-0.2, -0.15) is 0 Å². The third-order valence-corrected chi connectivity index (χ3v) is 3.78. The normalized spacial score (nSPS) is 12.9. The van der Waals surface area contributed by atoms with Gasteiger partial charge >= 0.3 is 0 Å². The predicted octanol–water partition coefficient (Wildman–Crippen LogP) is 5.03. The van der Waals surface area contributed by atoms with Gasteiger partial charge in [-0.25, -0.2) is 0 Å². The summed E-state index contributed by atoms with van der Waals surface area (Å²) in [4.78, 5) is 0. The van der Waals surface area contributed by atoms with E-state index in [4.69, 9.17) is 4.74 Å². The zero-order chi connectivity index (χ0) is 15.1. The molecule has 21 heavy (non-hydrogen) atoms. The largest absolute Gasteiger partial charge is 0.489 e. The van der Waals surface area contributed by atoms with Crippen molar-refractivity contribution in [3.8, 4) is 17.6 Å². The van der Waals surface area contributed by atoms with Crippen LogP contribution < -0.4 is 4.74 Å². The Labute approximate surface area is 128 Å². The van der Waals surface area contributed by atoms with Gasteiger partial charge in [-0.15, -0.1) is 5.92 Å². The number of benzene rings is 2. The second-order valence-corrected chi connectivity index (χ2v) is 5.31. The summed E-state index contributed by atoms with van der Waals surface area (Å²) < 4.78 is 5.81. The van der Waals surface area contributed by atoms with Gasteiger partial charge in [-0.3, -0.25) is 0 Å². The van der Waals surface area contributed by atoms with E-state index in [1.54, 1.807) is 0 Å². The van der Waals surface area contributed by atoms with Gasteiger partial charge in [0, 0.05) is 5.92 Å². The lowest BCUT2D eigenvalue weighted by Crippen LogP contribution is -2.04. The summed E-state index contributed by atoms with van der Waals surface area (Å²) in [5.41, 5.74) is 2.49. The van der Waals surface area contributed by atoms with Crippen molar-refractivity contribution in [3.05, 3.63) is 65.7 Å². The minimum absolute atomic E-state index is 0.367. The monoisotopic (exact) mass is 278 g/mol. The molecule has 0 aliphatic carbocycles. The van der Waals surface area contributed by atoms with Gasteiger partial charge in [0.1, 0.15) is 12.4 Å². The van der Waals surface area contributed by atoms with Crippen LogP contribution in [0.15, 0.2) is 54.6 Å². The highest BCUT2D eigenvalue weighted by Gasteiger charge is 2.11. The Morgan fingerprint density at radius 2 is 1.62 bits per heavy atom. The molecule has 0 aromatic heterocycles. The first kappa shape index (κ1) is 15.2. The molecular formula is C20H22O. The topological polar surface area (TPSA) is 9.23 Å². The van der Waals surface area contributed by atoms with Crippen LogP contribution >= 0.6 is 0 Å². The Morgan fingerprint density at radius 1 is 0.952 bits per heavy atom. The fourth-order valence-electron chi connectivity index (χ4n) is 2.25. The van der Waals surface area contributed by atoms with Crippen LogP contribution in [0.25, 0.3) is 0 Å². The minimum Gasteiger partial charge on any atom is -0.489 e. The van der Waals surface area contributed by atoms with Gasteiger partial charge in [0.15, 0.2) is 0 Å². The van der Waals surface area contributed by atoms with E-state index in [9.17, 15) is 0 Å². The summed E-state index contributed by atoms with van der Waals surface area (Å²) in [6.07, 6.45) is 0. The third-order valence-electron chi connectivity index (χ3n) is 3.78. The van der Waals surface area contributed by atoms with Gasteiger partial charge in [-0.1, -0.05) is 62.2 Å². The molecule has 0 fully saturated rings. The Balaban J connectivity index is 1.97. The van der Waals surface area contributed by atoms with Crippen LogP contribution in [-0.2, 0) is 6.61 Å². The average molecular weight is 278 g/mol. The zero-order valence-electron chi connectivity index (χ0n) is 13.0. The summed E-state index contributed by atoms with van der Waals surface area (Å²) in [6.45, 7) is 6.88. The van der Waals surface area contributed by atoms with Crippen molar-refractivity contribution in [1.29, 1.82) is 0 Å². The average Bonchev–Trinajstić information content (AvgIpc) is 2.54. The maximum Gasteiger partial charge on any atom is 0.119 e. The predicted molar refractivity (Wildman–Crippen MR) is 88.2 cm³/mol. The van der Waals surface area contributed by atoms with E-state index in [2.05, 4.69) is 50.0 Å². The molecule has 108 valence electrons. The molecule has 0 N–H and O–H groups in total. The van der Waals surface area contributed by atoms with E-state index in [0.29, 0.717) is 18.4 Å². The summed E-state index contributed by atoms with van der Waals surface area (Å²) in [7, 11) is 0. The number of hydrogen-bond acceptors (Lipinski definition) is 1. The smallest absolute Gasteiger partial charge is 0.119 e. The van der Waals surface area contributed by atoms with Gasteiger partial charge in [0.05, 0.1) is 0 Å². The standard InChI is InChI=1S/C20H22O/c1-4-8-16(2)17(3)19-11-13-20(14-12-19)21-15-18-9-6-5-7-10-18/h5-7,9-14,16-17H,15H2,1-3H3.